The lowest BCUT2D eigenvalue weighted by atomic mass is 10.1. The third kappa shape index (κ3) is 4.22. The first-order valence-electron chi connectivity index (χ1n) is 7.78. The second kappa shape index (κ2) is 8.29. The third-order valence-corrected chi connectivity index (χ3v) is 3.95. The highest BCUT2D eigenvalue weighted by Gasteiger charge is 2.27. The van der Waals surface area contributed by atoms with Crippen molar-refractivity contribution in [3.8, 4) is 5.88 Å². The standard InChI is InChI=1S/C16H23N5O.ClH/c1-3-22-15-6-4-5-13(19-15)12-21-10-7-17-11-14(21)16-18-8-9-20(16)2;/h4-6,8-9,14,17H,3,7,10-12H2,1-2H3;1H. The largest absolute Gasteiger partial charge is 0.478 e. The summed E-state index contributed by atoms with van der Waals surface area (Å²) in [5.74, 6) is 1.79. The average molecular weight is 338 g/mol. The Hall–Kier alpha value is -1.63. The monoisotopic (exact) mass is 337 g/mol. The van der Waals surface area contributed by atoms with Crippen molar-refractivity contribution in [3.63, 3.8) is 0 Å². The normalized spacial score (nSPS) is 18.4. The minimum atomic E-state index is 0. The molecule has 0 aromatic carbocycles. The molecule has 3 heterocycles. The van der Waals surface area contributed by atoms with E-state index in [-0.39, 0.29) is 18.4 Å². The quantitative estimate of drug-likeness (QED) is 0.901. The van der Waals surface area contributed by atoms with E-state index in [0.717, 1.165) is 37.7 Å². The fourth-order valence-corrected chi connectivity index (χ4v) is 2.87. The highest BCUT2D eigenvalue weighted by Crippen LogP contribution is 2.22. The summed E-state index contributed by atoms with van der Waals surface area (Å²) in [7, 11) is 2.04. The minimum Gasteiger partial charge on any atom is -0.478 e. The number of aryl methyl sites for hydroxylation is 1. The number of nitrogens with one attached hydrogen (secondary N) is 1. The maximum Gasteiger partial charge on any atom is 0.213 e. The Morgan fingerprint density at radius 3 is 3.00 bits per heavy atom. The number of imidazole rings is 1. The van der Waals surface area contributed by atoms with Gasteiger partial charge in [0.25, 0.3) is 0 Å². The molecule has 3 rings (SSSR count). The van der Waals surface area contributed by atoms with Crippen LogP contribution >= 0.6 is 12.4 Å². The van der Waals surface area contributed by atoms with Gasteiger partial charge < -0.3 is 14.6 Å². The molecule has 0 bridgehead atoms. The number of nitrogens with zero attached hydrogens (tertiary/aromatic N) is 4. The summed E-state index contributed by atoms with van der Waals surface area (Å²) in [4.78, 5) is 11.5. The summed E-state index contributed by atoms with van der Waals surface area (Å²) in [6.07, 6.45) is 3.85. The fraction of sp³-hybridized carbons (Fsp3) is 0.500. The van der Waals surface area contributed by atoms with Crippen LogP contribution in [-0.2, 0) is 13.6 Å². The van der Waals surface area contributed by atoms with E-state index >= 15 is 0 Å². The van der Waals surface area contributed by atoms with Gasteiger partial charge in [0.15, 0.2) is 0 Å². The first-order valence-corrected chi connectivity index (χ1v) is 7.78. The number of hydrogen-bond acceptors (Lipinski definition) is 5. The number of halogens is 1. The van der Waals surface area contributed by atoms with Crippen LogP contribution < -0.4 is 10.1 Å². The Morgan fingerprint density at radius 2 is 2.26 bits per heavy atom. The third-order valence-electron chi connectivity index (χ3n) is 3.95. The van der Waals surface area contributed by atoms with E-state index in [1.807, 2.05) is 38.5 Å². The maximum atomic E-state index is 5.50. The Balaban J connectivity index is 0.00000192. The molecular formula is C16H24ClN5O. The van der Waals surface area contributed by atoms with E-state index in [2.05, 4.69) is 30.8 Å². The van der Waals surface area contributed by atoms with Crippen LogP contribution in [0.15, 0.2) is 30.6 Å². The number of aromatic nitrogens is 3. The summed E-state index contributed by atoms with van der Waals surface area (Å²) in [6, 6.07) is 6.23. The van der Waals surface area contributed by atoms with Gasteiger partial charge in [-0.25, -0.2) is 9.97 Å². The molecule has 0 saturated carbocycles. The van der Waals surface area contributed by atoms with Crippen molar-refractivity contribution in [1.29, 1.82) is 0 Å². The summed E-state index contributed by atoms with van der Waals surface area (Å²) < 4.78 is 7.59. The summed E-state index contributed by atoms with van der Waals surface area (Å²) in [5, 5.41) is 3.46. The van der Waals surface area contributed by atoms with Gasteiger partial charge in [-0.3, -0.25) is 4.90 Å². The van der Waals surface area contributed by atoms with E-state index < -0.39 is 0 Å². The Labute approximate surface area is 143 Å². The molecule has 2 aromatic rings. The zero-order chi connectivity index (χ0) is 15.4. The lowest BCUT2D eigenvalue weighted by Gasteiger charge is -2.35. The second-order valence-electron chi connectivity index (χ2n) is 5.49. The van der Waals surface area contributed by atoms with Gasteiger partial charge in [0.2, 0.25) is 5.88 Å². The average Bonchev–Trinajstić information content (AvgIpc) is 2.95. The molecule has 1 aliphatic heterocycles. The molecule has 1 saturated heterocycles. The van der Waals surface area contributed by atoms with Crippen LogP contribution in [0.4, 0.5) is 0 Å². The topological polar surface area (TPSA) is 55.2 Å². The molecule has 2 aromatic heterocycles. The molecule has 1 unspecified atom stereocenters. The van der Waals surface area contributed by atoms with Crippen LogP contribution in [0.3, 0.4) is 0 Å². The molecule has 0 aliphatic carbocycles. The van der Waals surface area contributed by atoms with Gasteiger partial charge in [0, 0.05) is 51.7 Å². The van der Waals surface area contributed by atoms with Crippen LogP contribution in [0.2, 0.25) is 0 Å². The van der Waals surface area contributed by atoms with Gasteiger partial charge in [0.1, 0.15) is 5.82 Å². The molecule has 23 heavy (non-hydrogen) atoms. The smallest absolute Gasteiger partial charge is 0.213 e. The number of hydrogen-bond donors (Lipinski definition) is 1. The van der Waals surface area contributed by atoms with Crippen LogP contribution in [-0.4, -0.2) is 45.7 Å². The van der Waals surface area contributed by atoms with E-state index in [1.54, 1.807) is 0 Å². The highest BCUT2D eigenvalue weighted by atomic mass is 35.5. The van der Waals surface area contributed by atoms with Crippen LogP contribution in [0.5, 0.6) is 5.88 Å². The lowest BCUT2D eigenvalue weighted by molar-refractivity contribution is 0.142. The Morgan fingerprint density at radius 1 is 1.39 bits per heavy atom. The predicted molar refractivity (Wildman–Crippen MR) is 91.9 cm³/mol. The molecule has 1 fully saturated rings. The first kappa shape index (κ1) is 17.7. The van der Waals surface area contributed by atoms with Crippen molar-refractivity contribution in [3.05, 3.63) is 42.1 Å². The van der Waals surface area contributed by atoms with Crippen LogP contribution in [0.1, 0.15) is 24.5 Å². The van der Waals surface area contributed by atoms with E-state index in [4.69, 9.17) is 4.74 Å². The van der Waals surface area contributed by atoms with Gasteiger partial charge in [-0.1, -0.05) is 6.07 Å². The first-order chi connectivity index (χ1) is 10.8. The number of ether oxygens (including phenoxy) is 1. The SMILES string of the molecule is CCOc1cccc(CN2CCNCC2c2nccn2C)n1.Cl. The molecule has 126 valence electrons. The van der Waals surface area contributed by atoms with Crippen molar-refractivity contribution in [1.82, 2.24) is 24.8 Å². The molecule has 1 N–H and O–H groups in total. The van der Waals surface area contributed by atoms with Crippen molar-refractivity contribution in [2.45, 2.75) is 19.5 Å². The van der Waals surface area contributed by atoms with Crippen molar-refractivity contribution >= 4 is 12.4 Å². The van der Waals surface area contributed by atoms with Gasteiger partial charge >= 0.3 is 0 Å². The molecule has 0 amide bonds. The fourth-order valence-electron chi connectivity index (χ4n) is 2.87. The predicted octanol–water partition coefficient (Wildman–Crippen LogP) is 1.78. The van der Waals surface area contributed by atoms with Crippen LogP contribution in [0, 0.1) is 0 Å². The zero-order valence-electron chi connectivity index (χ0n) is 13.6. The summed E-state index contributed by atoms with van der Waals surface area (Å²) >= 11 is 0. The number of rotatable bonds is 5. The maximum absolute atomic E-state index is 5.50. The zero-order valence-corrected chi connectivity index (χ0v) is 14.4. The summed E-state index contributed by atoms with van der Waals surface area (Å²) in [5.41, 5.74) is 1.03. The number of pyridine rings is 1. The van der Waals surface area contributed by atoms with Gasteiger partial charge in [-0.15, -0.1) is 12.4 Å². The molecular weight excluding hydrogens is 314 g/mol. The number of piperazine rings is 1. The van der Waals surface area contributed by atoms with Gasteiger partial charge in [-0.05, 0) is 13.0 Å². The Kier molecular flexibility index (Phi) is 6.38. The molecule has 1 atom stereocenters. The lowest BCUT2D eigenvalue weighted by Crippen LogP contribution is -2.46. The summed E-state index contributed by atoms with van der Waals surface area (Å²) in [6.45, 7) is 6.31. The molecule has 1 aliphatic rings. The van der Waals surface area contributed by atoms with Crippen molar-refractivity contribution in [2.24, 2.45) is 7.05 Å². The van der Waals surface area contributed by atoms with E-state index in [9.17, 15) is 0 Å². The van der Waals surface area contributed by atoms with Crippen molar-refractivity contribution < 1.29 is 4.74 Å². The van der Waals surface area contributed by atoms with Crippen LogP contribution in [0.25, 0.3) is 0 Å². The van der Waals surface area contributed by atoms with Crippen molar-refractivity contribution in [2.75, 3.05) is 26.2 Å². The van der Waals surface area contributed by atoms with Gasteiger partial charge in [0.05, 0.1) is 18.3 Å². The molecule has 0 radical (unpaired) electrons. The molecule has 6 nitrogen and oxygen atoms in total. The molecule has 0 spiro atoms. The van der Waals surface area contributed by atoms with E-state index in [0.29, 0.717) is 12.5 Å². The molecule has 7 heteroatoms. The highest BCUT2D eigenvalue weighted by molar-refractivity contribution is 5.85. The van der Waals surface area contributed by atoms with E-state index in [1.165, 1.54) is 0 Å². The minimum absolute atomic E-state index is 0. The Bertz CT molecular complexity index is 618. The second-order valence-corrected chi connectivity index (χ2v) is 5.49. The van der Waals surface area contributed by atoms with Gasteiger partial charge in [-0.2, -0.15) is 0 Å².